The Bertz CT molecular complexity index is 1320. The van der Waals surface area contributed by atoms with E-state index in [1.807, 2.05) is 0 Å². The van der Waals surface area contributed by atoms with Gasteiger partial charge in [0.2, 0.25) is 0 Å². The average molecular weight is 503 g/mol. The van der Waals surface area contributed by atoms with Gasteiger partial charge in [0.1, 0.15) is 11.5 Å². The number of aryl methyl sites for hydroxylation is 2. The highest BCUT2D eigenvalue weighted by molar-refractivity contribution is 6.36. The zero-order valence-electron chi connectivity index (χ0n) is 18.3. The van der Waals surface area contributed by atoms with Crippen LogP contribution < -0.4 is 16.3 Å². The molecule has 3 aromatic rings. The molecule has 0 aliphatic heterocycles. The summed E-state index contributed by atoms with van der Waals surface area (Å²) in [7, 11) is 0. The van der Waals surface area contributed by atoms with Crippen molar-refractivity contribution in [2.45, 2.75) is 33.1 Å². The molecule has 1 aliphatic rings. The molecule has 0 radical (unpaired) electrons. The normalized spacial score (nSPS) is 13.9. The van der Waals surface area contributed by atoms with Crippen LogP contribution in [0.3, 0.4) is 0 Å². The maximum Gasteiger partial charge on any atom is 0.305 e. The van der Waals surface area contributed by atoms with E-state index in [2.05, 4.69) is 21.4 Å². The summed E-state index contributed by atoms with van der Waals surface area (Å²) < 4.78 is 10.9. The number of hydrogen-bond donors (Lipinski definition) is 3. The van der Waals surface area contributed by atoms with Crippen LogP contribution in [0.5, 0.6) is 0 Å². The van der Waals surface area contributed by atoms with Gasteiger partial charge in [-0.1, -0.05) is 23.2 Å². The highest BCUT2D eigenvalue weighted by Gasteiger charge is 2.28. The van der Waals surface area contributed by atoms with E-state index in [1.54, 1.807) is 19.9 Å². The summed E-state index contributed by atoms with van der Waals surface area (Å²) in [4.78, 5) is 37.5. The number of amides is 3. The molecule has 0 bridgehead atoms. The van der Waals surface area contributed by atoms with Gasteiger partial charge in [-0.25, -0.2) is 5.43 Å². The molecule has 34 heavy (non-hydrogen) atoms. The molecule has 2 heterocycles. The summed E-state index contributed by atoms with van der Waals surface area (Å²) in [5.74, 6) is -0.519. The topological polar surface area (TPSA) is 126 Å². The molecule has 0 saturated carbocycles. The first-order valence-electron chi connectivity index (χ1n) is 10.4. The highest BCUT2D eigenvalue weighted by Crippen LogP contribution is 2.30. The molecular weight excluding hydrogens is 483 g/mol. The Labute approximate surface area is 204 Å². The zero-order chi connectivity index (χ0) is 24.4. The van der Waals surface area contributed by atoms with E-state index in [1.165, 1.54) is 24.5 Å². The number of hydrazine groups is 1. The van der Waals surface area contributed by atoms with Gasteiger partial charge in [-0.2, -0.15) is 5.10 Å². The number of carbonyl (C=O) groups excluding carboxylic acids is 3. The van der Waals surface area contributed by atoms with E-state index in [4.69, 9.17) is 32.0 Å². The van der Waals surface area contributed by atoms with Crippen LogP contribution in [0.2, 0.25) is 10.0 Å². The van der Waals surface area contributed by atoms with E-state index < -0.39 is 17.7 Å². The van der Waals surface area contributed by atoms with Crippen molar-refractivity contribution in [1.29, 1.82) is 0 Å². The van der Waals surface area contributed by atoms with Crippen LogP contribution in [0.4, 0.5) is 0 Å². The molecule has 3 amide bonds. The molecule has 11 heteroatoms. The summed E-state index contributed by atoms with van der Waals surface area (Å²) in [6.45, 7) is 3.41. The maximum absolute atomic E-state index is 12.7. The molecule has 3 N–H and O–H groups in total. The lowest BCUT2D eigenvalue weighted by atomic mass is 9.93. The molecule has 9 nitrogen and oxygen atoms in total. The van der Waals surface area contributed by atoms with Crippen LogP contribution in [0.15, 0.2) is 44.5 Å². The molecule has 0 saturated heterocycles. The molecule has 1 aliphatic carbocycles. The molecule has 0 fully saturated rings. The number of fused-ring (bicyclic) bond motifs is 1. The van der Waals surface area contributed by atoms with Gasteiger partial charge in [0.15, 0.2) is 5.76 Å². The van der Waals surface area contributed by atoms with Crippen molar-refractivity contribution in [3.05, 3.63) is 80.1 Å². The standard InChI is InChI=1S/C23H20Cl2N4O5/c1-11-19-17(26-27-21(30)14-8-9-33-12(14)2)4-3-5-18(19)34-20(11)23(32)29-28-22(31)15-7-6-13(24)10-16(15)25/h6-10H,3-5H2,1-2H3,(H,27,30)(H,28,31)(H,29,32)/b26-17+. The van der Waals surface area contributed by atoms with Crippen molar-refractivity contribution >= 4 is 46.6 Å². The lowest BCUT2D eigenvalue weighted by Gasteiger charge is -2.13. The number of hydrogen-bond acceptors (Lipinski definition) is 6. The van der Waals surface area contributed by atoms with Crippen molar-refractivity contribution in [3.63, 3.8) is 0 Å². The Morgan fingerprint density at radius 2 is 1.74 bits per heavy atom. The Kier molecular flexibility index (Phi) is 6.76. The fraction of sp³-hybridized carbons (Fsp3) is 0.217. The summed E-state index contributed by atoms with van der Waals surface area (Å²) >= 11 is 11.9. The monoisotopic (exact) mass is 502 g/mol. The number of benzene rings is 1. The second-order valence-electron chi connectivity index (χ2n) is 7.63. The smallest absolute Gasteiger partial charge is 0.305 e. The predicted molar refractivity (Wildman–Crippen MR) is 125 cm³/mol. The SMILES string of the molecule is Cc1occc1C(=O)N/N=C1\CCCc2oc(C(=O)NNC(=O)c3ccc(Cl)cc3Cl)c(C)c21. The second-order valence-corrected chi connectivity index (χ2v) is 8.47. The van der Waals surface area contributed by atoms with Crippen LogP contribution in [-0.2, 0) is 6.42 Å². The first kappa shape index (κ1) is 23.6. The summed E-state index contributed by atoms with van der Waals surface area (Å²) in [5.41, 5.74) is 9.56. The zero-order valence-corrected chi connectivity index (χ0v) is 19.8. The third-order valence-electron chi connectivity index (χ3n) is 5.39. The lowest BCUT2D eigenvalue weighted by molar-refractivity contribution is 0.0829. The molecule has 0 spiro atoms. The van der Waals surface area contributed by atoms with E-state index in [9.17, 15) is 14.4 Å². The van der Waals surface area contributed by atoms with Crippen LogP contribution in [0, 0.1) is 13.8 Å². The maximum atomic E-state index is 12.7. The van der Waals surface area contributed by atoms with Crippen LogP contribution in [-0.4, -0.2) is 23.4 Å². The molecule has 0 unspecified atom stereocenters. The Balaban J connectivity index is 1.49. The molecule has 0 atom stereocenters. The Hall–Kier alpha value is -3.56. The van der Waals surface area contributed by atoms with E-state index in [-0.39, 0.29) is 16.3 Å². The quantitative estimate of drug-likeness (QED) is 0.457. The van der Waals surface area contributed by atoms with Gasteiger partial charge in [-0.15, -0.1) is 0 Å². The number of furan rings is 2. The van der Waals surface area contributed by atoms with Gasteiger partial charge < -0.3 is 8.83 Å². The van der Waals surface area contributed by atoms with E-state index >= 15 is 0 Å². The van der Waals surface area contributed by atoms with E-state index in [0.29, 0.717) is 51.8 Å². The fourth-order valence-electron chi connectivity index (χ4n) is 3.71. The third kappa shape index (κ3) is 4.71. The molecule has 2 aromatic heterocycles. The first-order valence-corrected chi connectivity index (χ1v) is 11.1. The first-order chi connectivity index (χ1) is 16.3. The van der Waals surface area contributed by atoms with Crippen molar-refractivity contribution in [2.75, 3.05) is 0 Å². The van der Waals surface area contributed by atoms with Gasteiger partial charge in [-0.05, 0) is 51.0 Å². The van der Waals surface area contributed by atoms with Crippen molar-refractivity contribution in [2.24, 2.45) is 5.10 Å². The number of rotatable bonds is 4. The Morgan fingerprint density at radius 3 is 2.44 bits per heavy atom. The minimum Gasteiger partial charge on any atom is -0.469 e. The van der Waals surface area contributed by atoms with Gasteiger partial charge in [0, 0.05) is 22.6 Å². The number of hydrazone groups is 1. The third-order valence-corrected chi connectivity index (χ3v) is 5.94. The van der Waals surface area contributed by atoms with Gasteiger partial charge in [-0.3, -0.25) is 25.2 Å². The van der Waals surface area contributed by atoms with Crippen molar-refractivity contribution in [3.8, 4) is 0 Å². The average Bonchev–Trinajstić information content (AvgIpc) is 3.39. The summed E-state index contributed by atoms with van der Waals surface area (Å²) in [6, 6.07) is 5.96. The molecular formula is C23H20Cl2N4O5. The second kappa shape index (κ2) is 9.74. The summed E-state index contributed by atoms with van der Waals surface area (Å²) in [5, 5.41) is 4.81. The number of nitrogens with zero attached hydrogens (tertiary/aromatic N) is 1. The van der Waals surface area contributed by atoms with Gasteiger partial charge >= 0.3 is 5.91 Å². The van der Waals surface area contributed by atoms with Crippen molar-refractivity contribution < 1.29 is 23.2 Å². The summed E-state index contributed by atoms with van der Waals surface area (Å²) in [6.07, 6.45) is 3.39. The predicted octanol–water partition coefficient (Wildman–Crippen LogP) is 4.34. The highest BCUT2D eigenvalue weighted by atomic mass is 35.5. The largest absolute Gasteiger partial charge is 0.469 e. The lowest BCUT2D eigenvalue weighted by Crippen LogP contribution is -2.41. The molecule has 176 valence electrons. The van der Waals surface area contributed by atoms with Gasteiger partial charge in [0.05, 0.1) is 28.1 Å². The fourth-order valence-corrected chi connectivity index (χ4v) is 4.20. The van der Waals surface area contributed by atoms with Gasteiger partial charge in [0.25, 0.3) is 11.8 Å². The number of carbonyl (C=O) groups is 3. The van der Waals surface area contributed by atoms with Crippen LogP contribution >= 0.6 is 23.2 Å². The van der Waals surface area contributed by atoms with Crippen molar-refractivity contribution in [1.82, 2.24) is 16.3 Å². The number of nitrogens with one attached hydrogen (secondary N) is 3. The molecule has 1 aromatic carbocycles. The van der Waals surface area contributed by atoms with Crippen LogP contribution in [0.1, 0.15) is 66.8 Å². The van der Waals surface area contributed by atoms with E-state index in [0.717, 1.165) is 6.42 Å². The minimum absolute atomic E-state index is 0.0408. The molecule has 4 rings (SSSR count). The van der Waals surface area contributed by atoms with Crippen LogP contribution in [0.25, 0.3) is 0 Å². The Morgan fingerprint density at radius 1 is 0.971 bits per heavy atom. The minimum atomic E-state index is -0.636. The number of halogens is 2.